The molecule has 27 heavy (non-hydrogen) atoms. The summed E-state index contributed by atoms with van der Waals surface area (Å²) in [6.45, 7) is 0.137. The topological polar surface area (TPSA) is 88.1 Å². The van der Waals surface area contributed by atoms with Gasteiger partial charge in [0.15, 0.2) is 23.0 Å². The Balaban J connectivity index is 1.83. The van der Waals surface area contributed by atoms with Crippen LogP contribution in [0.15, 0.2) is 36.1 Å². The van der Waals surface area contributed by atoms with Crippen molar-refractivity contribution in [1.29, 1.82) is 0 Å². The number of esters is 1. The smallest absolute Gasteiger partial charge is 0.338 e. The number of allylic oxidation sites excluding steroid dienone is 2. The molecule has 0 bridgehead atoms. The van der Waals surface area contributed by atoms with Crippen LogP contribution in [0, 0.1) is 0 Å². The van der Waals surface area contributed by atoms with Gasteiger partial charge in [-0.15, -0.1) is 0 Å². The molecule has 3 aliphatic rings. The van der Waals surface area contributed by atoms with Crippen LogP contribution >= 0.6 is 0 Å². The van der Waals surface area contributed by atoms with E-state index in [-0.39, 0.29) is 35.8 Å². The van der Waals surface area contributed by atoms with Gasteiger partial charge in [0.05, 0.1) is 12.7 Å². The fourth-order valence-corrected chi connectivity index (χ4v) is 3.61. The number of benzene rings is 2. The van der Waals surface area contributed by atoms with Gasteiger partial charge < -0.3 is 18.9 Å². The quantitative estimate of drug-likeness (QED) is 0.757. The van der Waals surface area contributed by atoms with Gasteiger partial charge in [-0.1, -0.05) is 6.07 Å². The van der Waals surface area contributed by atoms with Gasteiger partial charge in [-0.3, -0.25) is 9.59 Å². The predicted octanol–water partition coefficient (Wildman–Crippen LogP) is 2.66. The number of hydrogen-bond acceptors (Lipinski definition) is 7. The molecule has 0 amide bonds. The molecule has 2 aromatic rings. The Hall–Kier alpha value is -3.61. The number of cyclic esters (lactones) is 1. The van der Waals surface area contributed by atoms with Crippen LogP contribution in [-0.2, 0) is 16.1 Å². The molecule has 7 heteroatoms. The Morgan fingerprint density at radius 1 is 0.926 bits per heavy atom. The number of rotatable bonds is 2. The number of Topliss-reactive ketones (excluding diaryl/α,β-unsaturated/α-hetero) is 1. The maximum atomic E-state index is 13.0. The van der Waals surface area contributed by atoms with Crippen molar-refractivity contribution >= 4 is 17.5 Å². The van der Waals surface area contributed by atoms with Crippen molar-refractivity contribution in [2.24, 2.45) is 0 Å². The lowest BCUT2D eigenvalue weighted by Gasteiger charge is -2.20. The monoisotopic (exact) mass is 364 g/mol. The SMILES string of the molecule is COC1=CC(=O)c2cc3c(c(-c4ccc5c(c4)OCO5)c2C1=O)COC3=O. The number of ketones is 2. The van der Waals surface area contributed by atoms with Gasteiger partial charge in [0.1, 0.15) is 6.61 Å². The van der Waals surface area contributed by atoms with Crippen LogP contribution in [0.1, 0.15) is 36.6 Å². The van der Waals surface area contributed by atoms with Gasteiger partial charge in [0.2, 0.25) is 12.6 Å². The van der Waals surface area contributed by atoms with Crippen molar-refractivity contribution in [3.8, 4) is 22.6 Å². The number of ether oxygens (including phenoxy) is 4. The molecule has 2 heterocycles. The fraction of sp³-hybridized carbons (Fsp3) is 0.150. The van der Waals surface area contributed by atoms with Gasteiger partial charge in [0, 0.05) is 28.3 Å². The van der Waals surface area contributed by atoms with Gasteiger partial charge >= 0.3 is 5.97 Å². The largest absolute Gasteiger partial charge is 0.492 e. The summed E-state index contributed by atoms with van der Waals surface area (Å²) in [4.78, 5) is 37.7. The molecule has 5 rings (SSSR count). The van der Waals surface area contributed by atoms with Crippen molar-refractivity contribution in [3.63, 3.8) is 0 Å². The van der Waals surface area contributed by atoms with E-state index in [2.05, 4.69) is 0 Å². The van der Waals surface area contributed by atoms with Crippen molar-refractivity contribution in [1.82, 2.24) is 0 Å². The molecule has 0 spiro atoms. The molecule has 0 fully saturated rings. The standard InChI is InChI=1S/C20H12O7/c1-24-16-6-13(21)11-5-10-12(7-25-20(10)23)17(18(11)19(16)22)9-2-3-14-15(4-9)27-8-26-14/h2-6H,7-8H2,1H3. The summed E-state index contributed by atoms with van der Waals surface area (Å²) >= 11 is 0. The zero-order valence-electron chi connectivity index (χ0n) is 14.2. The summed E-state index contributed by atoms with van der Waals surface area (Å²) in [7, 11) is 1.34. The summed E-state index contributed by atoms with van der Waals surface area (Å²) in [6.07, 6.45) is 1.14. The summed E-state index contributed by atoms with van der Waals surface area (Å²) in [6, 6.07) is 6.64. The van der Waals surface area contributed by atoms with Crippen molar-refractivity contribution in [2.45, 2.75) is 6.61 Å². The molecule has 0 saturated heterocycles. The summed E-state index contributed by atoms with van der Waals surface area (Å²) in [5, 5.41) is 0. The van der Waals surface area contributed by atoms with Crippen LogP contribution in [0.3, 0.4) is 0 Å². The highest BCUT2D eigenvalue weighted by Crippen LogP contribution is 2.43. The Bertz CT molecular complexity index is 1090. The zero-order chi connectivity index (χ0) is 18.7. The number of methoxy groups -OCH3 is 1. The van der Waals surface area contributed by atoms with Crippen molar-refractivity contribution < 1.29 is 33.3 Å². The Labute approximate surface area is 153 Å². The van der Waals surface area contributed by atoms with Crippen LogP contribution in [0.2, 0.25) is 0 Å². The minimum Gasteiger partial charge on any atom is -0.492 e. The molecule has 0 saturated carbocycles. The number of hydrogen-bond donors (Lipinski definition) is 0. The van der Waals surface area contributed by atoms with Gasteiger partial charge in [-0.25, -0.2) is 4.79 Å². The van der Waals surface area contributed by atoms with E-state index in [1.54, 1.807) is 18.2 Å². The minimum atomic E-state index is -0.517. The molecule has 0 atom stereocenters. The third-order valence-electron chi connectivity index (χ3n) is 4.86. The summed E-state index contributed by atoms with van der Waals surface area (Å²) < 4.78 is 21.0. The lowest BCUT2D eigenvalue weighted by molar-refractivity contribution is 0.0535. The van der Waals surface area contributed by atoms with Gasteiger partial charge in [-0.2, -0.15) is 0 Å². The van der Waals surface area contributed by atoms with E-state index in [4.69, 9.17) is 18.9 Å². The van der Waals surface area contributed by atoms with Gasteiger partial charge in [-0.05, 0) is 23.8 Å². The van der Waals surface area contributed by atoms with E-state index in [0.717, 1.165) is 6.08 Å². The molecular formula is C20H12O7. The second-order valence-corrected chi connectivity index (χ2v) is 6.25. The lowest BCUT2D eigenvalue weighted by Crippen LogP contribution is -2.20. The molecule has 2 aliphatic heterocycles. The maximum Gasteiger partial charge on any atom is 0.338 e. The Morgan fingerprint density at radius 3 is 2.56 bits per heavy atom. The summed E-state index contributed by atoms with van der Waals surface area (Å²) in [5.41, 5.74) is 2.33. The lowest BCUT2D eigenvalue weighted by atomic mass is 9.82. The van der Waals surface area contributed by atoms with Crippen LogP contribution in [0.4, 0.5) is 0 Å². The van der Waals surface area contributed by atoms with Crippen LogP contribution in [-0.4, -0.2) is 31.4 Å². The normalized spacial score (nSPS) is 16.6. The fourth-order valence-electron chi connectivity index (χ4n) is 3.61. The van der Waals surface area contributed by atoms with E-state index in [1.807, 2.05) is 0 Å². The first kappa shape index (κ1) is 15.6. The third-order valence-corrected chi connectivity index (χ3v) is 4.86. The summed E-state index contributed by atoms with van der Waals surface area (Å²) in [5.74, 6) is -0.252. The first-order chi connectivity index (χ1) is 13.1. The highest BCUT2D eigenvalue weighted by atomic mass is 16.7. The van der Waals surface area contributed by atoms with E-state index < -0.39 is 17.5 Å². The number of carbonyl (C=O) groups is 3. The number of carbonyl (C=O) groups excluding carboxylic acids is 3. The predicted molar refractivity (Wildman–Crippen MR) is 90.9 cm³/mol. The molecular weight excluding hydrogens is 352 g/mol. The van der Waals surface area contributed by atoms with E-state index >= 15 is 0 Å². The molecule has 0 radical (unpaired) electrons. The Kier molecular flexibility index (Phi) is 3.15. The first-order valence-corrected chi connectivity index (χ1v) is 8.20. The van der Waals surface area contributed by atoms with Crippen LogP contribution in [0.25, 0.3) is 11.1 Å². The average molecular weight is 364 g/mol. The average Bonchev–Trinajstić information content (AvgIpc) is 3.29. The van der Waals surface area contributed by atoms with Crippen molar-refractivity contribution in [2.75, 3.05) is 13.9 Å². The second kappa shape index (κ2) is 5.44. The molecule has 0 aromatic heterocycles. The highest BCUT2D eigenvalue weighted by molar-refractivity contribution is 6.27. The molecule has 0 N–H and O–H groups in total. The molecule has 2 aromatic carbocycles. The number of fused-ring (bicyclic) bond motifs is 3. The van der Waals surface area contributed by atoms with Crippen LogP contribution in [0.5, 0.6) is 11.5 Å². The minimum absolute atomic E-state index is 0.0265. The molecule has 134 valence electrons. The third kappa shape index (κ3) is 2.11. The first-order valence-electron chi connectivity index (χ1n) is 8.20. The van der Waals surface area contributed by atoms with Gasteiger partial charge in [0.25, 0.3) is 0 Å². The second-order valence-electron chi connectivity index (χ2n) is 6.25. The molecule has 7 nitrogen and oxygen atoms in total. The molecule has 1 aliphatic carbocycles. The molecule has 0 unspecified atom stereocenters. The van der Waals surface area contributed by atoms with E-state index in [0.29, 0.717) is 28.2 Å². The maximum absolute atomic E-state index is 13.0. The van der Waals surface area contributed by atoms with E-state index in [1.165, 1.54) is 13.2 Å². The Morgan fingerprint density at radius 2 is 1.74 bits per heavy atom. The van der Waals surface area contributed by atoms with E-state index in [9.17, 15) is 14.4 Å². The van der Waals surface area contributed by atoms with Crippen LogP contribution < -0.4 is 9.47 Å². The van der Waals surface area contributed by atoms with Crippen molar-refractivity contribution in [3.05, 3.63) is 58.4 Å². The highest BCUT2D eigenvalue weighted by Gasteiger charge is 2.36. The zero-order valence-corrected chi connectivity index (χ0v) is 14.2.